The number of carbonyl (C=O) groups excluding carboxylic acids is 1. The zero-order valence-electron chi connectivity index (χ0n) is 7.87. The van der Waals surface area contributed by atoms with Gasteiger partial charge in [-0.1, -0.05) is 19.1 Å². The minimum absolute atomic E-state index is 0.151. The number of carbonyl (C=O) groups is 2. The van der Waals surface area contributed by atoms with Crippen molar-refractivity contribution in [3.05, 3.63) is 12.2 Å². The Balaban J connectivity index is 4.35. The number of methoxy groups -OCH3 is 1. The quantitative estimate of drug-likeness (QED) is 0.398. The highest BCUT2D eigenvalue weighted by molar-refractivity contribution is 5.94. The summed E-state index contributed by atoms with van der Waals surface area (Å²) in [6, 6.07) is 0. The monoisotopic (exact) mass is 186 g/mol. The van der Waals surface area contributed by atoms with E-state index in [1.807, 2.05) is 6.92 Å². The van der Waals surface area contributed by atoms with Gasteiger partial charge in [0.25, 0.3) is 0 Å². The van der Waals surface area contributed by atoms with E-state index >= 15 is 0 Å². The van der Waals surface area contributed by atoms with Crippen LogP contribution in [0.5, 0.6) is 0 Å². The Hall–Kier alpha value is -1.32. The Morgan fingerprint density at radius 1 is 1.54 bits per heavy atom. The van der Waals surface area contributed by atoms with E-state index in [9.17, 15) is 9.59 Å². The van der Waals surface area contributed by atoms with Crippen LogP contribution in [0.3, 0.4) is 0 Å². The minimum atomic E-state index is -1.17. The Morgan fingerprint density at radius 2 is 2.08 bits per heavy atom. The molecule has 0 heterocycles. The van der Waals surface area contributed by atoms with Crippen LogP contribution in [-0.2, 0) is 14.3 Å². The molecule has 0 aliphatic heterocycles. The van der Waals surface area contributed by atoms with E-state index in [0.29, 0.717) is 6.42 Å². The number of hydrogen-bond acceptors (Lipinski definition) is 3. The highest BCUT2D eigenvalue weighted by atomic mass is 16.5. The largest absolute Gasteiger partial charge is 0.481 e. The topological polar surface area (TPSA) is 63.6 Å². The van der Waals surface area contributed by atoms with Gasteiger partial charge in [0.15, 0.2) is 5.92 Å². The van der Waals surface area contributed by atoms with E-state index in [4.69, 9.17) is 5.11 Å². The second-order valence-corrected chi connectivity index (χ2v) is 2.72. The van der Waals surface area contributed by atoms with Crippen molar-refractivity contribution in [1.29, 1.82) is 0 Å². The number of rotatable bonds is 5. The summed E-state index contributed by atoms with van der Waals surface area (Å²) < 4.78 is 4.36. The summed E-state index contributed by atoms with van der Waals surface area (Å²) in [4.78, 5) is 21.6. The molecule has 0 aromatic heterocycles. The minimum Gasteiger partial charge on any atom is -0.481 e. The molecule has 4 heteroatoms. The van der Waals surface area contributed by atoms with Crippen LogP contribution in [0.15, 0.2) is 12.2 Å². The standard InChI is InChI=1S/C9H14O4/c1-4-6(2)5-7(8(10)11)9(12)13-3/h7H,2,4-5H2,1,3H3,(H,10,11). The first-order valence-electron chi connectivity index (χ1n) is 4.00. The van der Waals surface area contributed by atoms with Gasteiger partial charge in [0.1, 0.15) is 0 Å². The molecule has 0 rings (SSSR count). The zero-order valence-corrected chi connectivity index (χ0v) is 7.87. The summed E-state index contributed by atoms with van der Waals surface area (Å²) in [5.74, 6) is -3.00. The molecule has 0 saturated heterocycles. The first-order valence-corrected chi connectivity index (χ1v) is 4.00. The third-order valence-electron chi connectivity index (χ3n) is 1.78. The number of carboxylic acids is 1. The highest BCUT2D eigenvalue weighted by Crippen LogP contribution is 2.14. The molecule has 0 amide bonds. The van der Waals surface area contributed by atoms with Crippen molar-refractivity contribution in [3.63, 3.8) is 0 Å². The lowest BCUT2D eigenvalue weighted by molar-refractivity contribution is -0.156. The SMILES string of the molecule is C=C(CC)CC(C(=O)O)C(=O)OC. The summed E-state index contributed by atoms with van der Waals surface area (Å²) in [6.45, 7) is 5.50. The van der Waals surface area contributed by atoms with Gasteiger partial charge >= 0.3 is 11.9 Å². The average molecular weight is 186 g/mol. The fourth-order valence-electron chi connectivity index (χ4n) is 0.847. The predicted octanol–water partition coefficient (Wildman–Crippen LogP) is 1.22. The third kappa shape index (κ3) is 3.73. The normalized spacial score (nSPS) is 11.8. The van der Waals surface area contributed by atoms with Crippen molar-refractivity contribution in [2.24, 2.45) is 5.92 Å². The van der Waals surface area contributed by atoms with E-state index in [0.717, 1.165) is 5.57 Å². The van der Waals surface area contributed by atoms with Gasteiger partial charge in [-0.25, -0.2) is 0 Å². The summed E-state index contributed by atoms with van der Waals surface area (Å²) in [6.07, 6.45) is 0.819. The molecule has 0 saturated carbocycles. The van der Waals surface area contributed by atoms with Gasteiger partial charge < -0.3 is 9.84 Å². The number of ether oxygens (including phenoxy) is 1. The number of allylic oxidation sites excluding steroid dienone is 1. The van der Waals surface area contributed by atoms with Gasteiger partial charge in [-0.2, -0.15) is 0 Å². The van der Waals surface area contributed by atoms with E-state index in [-0.39, 0.29) is 6.42 Å². The van der Waals surface area contributed by atoms with Crippen LogP contribution >= 0.6 is 0 Å². The molecule has 0 spiro atoms. The molecule has 13 heavy (non-hydrogen) atoms. The first-order chi connectivity index (χ1) is 6.02. The second kappa shape index (κ2) is 5.35. The Kier molecular flexibility index (Phi) is 4.80. The number of hydrogen-bond donors (Lipinski definition) is 1. The molecule has 0 bridgehead atoms. The molecule has 4 nitrogen and oxygen atoms in total. The van der Waals surface area contributed by atoms with E-state index < -0.39 is 17.9 Å². The lowest BCUT2D eigenvalue weighted by Gasteiger charge is -2.10. The fraction of sp³-hybridized carbons (Fsp3) is 0.556. The smallest absolute Gasteiger partial charge is 0.320 e. The van der Waals surface area contributed by atoms with Crippen LogP contribution < -0.4 is 0 Å². The summed E-state index contributed by atoms with van der Waals surface area (Å²) in [7, 11) is 1.17. The van der Waals surface area contributed by atoms with Gasteiger partial charge in [-0.05, 0) is 12.8 Å². The van der Waals surface area contributed by atoms with E-state index in [1.54, 1.807) is 0 Å². The number of aliphatic carboxylic acids is 1. The molecule has 1 N–H and O–H groups in total. The van der Waals surface area contributed by atoms with Crippen molar-refractivity contribution in [3.8, 4) is 0 Å². The maximum Gasteiger partial charge on any atom is 0.320 e. The van der Waals surface area contributed by atoms with Crippen LogP contribution in [0.25, 0.3) is 0 Å². The van der Waals surface area contributed by atoms with Crippen LogP contribution in [0.1, 0.15) is 19.8 Å². The Labute approximate surface area is 77.2 Å². The molecule has 74 valence electrons. The lowest BCUT2D eigenvalue weighted by atomic mass is 9.99. The van der Waals surface area contributed by atoms with Crippen molar-refractivity contribution in [2.45, 2.75) is 19.8 Å². The van der Waals surface area contributed by atoms with Crippen LogP contribution in [0, 0.1) is 5.92 Å². The van der Waals surface area contributed by atoms with Gasteiger partial charge in [0.05, 0.1) is 7.11 Å². The molecule has 0 aliphatic rings. The van der Waals surface area contributed by atoms with Crippen LogP contribution in [0.4, 0.5) is 0 Å². The van der Waals surface area contributed by atoms with Gasteiger partial charge in [-0.15, -0.1) is 0 Å². The van der Waals surface area contributed by atoms with Crippen molar-refractivity contribution < 1.29 is 19.4 Å². The second-order valence-electron chi connectivity index (χ2n) is 2.72. The van der Waals surface area contributed by atoms with Crippen molar-refractivity contribution >= 4 is 11.9 Å². The van der Waals surface area contributed by atoms with Gasteiger partial charge in [0.2, 0.25) is 0 Å². The summed E-state index contributed by atoms with van der Waals surface area (Å²) in [5.41, 5.74) is 0.734. The zero-order chi connectivity index (χ0) is 10.4. The van der Waals surface area contributed by atoms with Gasteiger partial charge in [-0.3, -0.25) is 9.59 Å². The maximum absolute atomic E-state index is 11.0. The Bertz CT molecular complexity index is 220. The Morgan fingerprint density at radius 3 is 2.38 bits per heavy atom. The predicted molar refractivity (Wildman–Crippen MR) is 47.2 cm³/mol. The molecule has 1 atom stereocenters. The molecule has 0 aliphatic carbocycles. The van der Waals surface area contributed by atoms with E-state index in [2.05, 4.69) is 11.3 Å². The third-order valence-corrected chi connectivity index (χ3v) is 1.78. The molecule has 1 unspecified atom stereocenters. The molecule has 0 radical (unpaired) electrons. The number of esters is 1. The molecule has 0 aromatic rings. The highest BCUT2D eigenvalue weighted by Gasteiger charge is 2.27. The van der Waals surface area contributed by atoms with Crippen LogP contribution in [-0.4, -0.2) is 24.2 Å². The molecular formula is C9H14O4. The molecule has 0 fully saturated rings. The van der Waals surface area contributed by atoms with Crippen molar-refractivity contribution in [1.82, 2.24) is 0 Å². The van der Waals surface area contributed by atoms with Crippen molar-refractivity contribution in [2.75, 3.05) is 7.11 Å². The molecule has 0 aromatic carbocycles. The average Bonchev–Trinajstić information content (AvgIpc) is 2.11. The summed E-state index contributed by atoms with van der Waals surface area (Å²) in [5, 5.41) is 8.68. The first kappa shape index (κ1) is 11.7. The summed E-state index contributed by atoms with van der Waals surface area (Å²) >= 11 is 0. The maximum atomic E-state index is 11.0. The van der Waals surface area contributed by atoms with Gasteiger partial charge in [0, 0.05) is 0 Å². The molecular weight excluding hydrogens is 172 g/mol. The van der Waals surface area contributed by atoms with Crippen LogP contribution in [0.2, 0.25) is 0 Å². The fourth-order valence-corrected chi connectivity index (χ4v) is 0.847. The van der Waals surface area contributed by atoms with E-state index in [1.165, 1.54) is 7.11 Å². The number of carboxylic acid groups (broad SMARTS) is 1. The lowest BCUT2D eigenvalue weighted by Crippen LogP contribution is -2.25.